The predicted octanol–water partition coefficient (Wildman–Crippen LogP) is 8.24. The van der Waals surface area contributed by atoms with Gasteiger partial charge in [0.25, 0.3) is 0 Å². The molecule has 3 aromatic carbocycles. The molecule has 3 aromatic rings. The zero-order chi connectivity index (χ0) is 33.2. The summed E-state index contributed by atoms with van der Waals surface area (Å²) in [7, 11) is 0. The number of ether oxygens (including phenoxy) is 2. The Morgan fingerprint density at radius 2 is 0.978 bits per heavy atom. The van der Waals surface area contributed by atoms with Crippen LogP contribution in [-0.2, 0) is 12.4 Å². The Hall–Kier alpha value is -5.89. The number of hydrogen-bond donors (Lipinski definition) is 2. The van der Waals surface area contributed by atoms with Crippen LogP contribution in [0.3, 0.4) is 0 Å². The van der Waals surface area contributed by atoms with E-state index in [-0.39, 0.29) is 35.7 Å². The van der Waals surface area contributed by atoms with Crippen molar-refractivity contribution in [2.45, 2.75) is 19.3 Å². The third-order valence-electron chi connectivity index (χ3n) is 6.48. The van der Waals surface area contributed by atoms with Crippen molar-refractivity contribution in [3.8, 4) is 52.0 Å². The molecule has 2 aliphatic rings. The average Bonchev–Trinajstić information content (AvgIpc) is 3.54. The van der Waals surface area contributed by atoms with Crippen LogP contribution in [0, 0.1) is 57.3 Å². The minimum Gasteiger partial charge on any atom is -0.437 e. The van der Waals surface area contributed by atoms with Gasteiger partial charge in [-0.25, -0.2) is 17.6 Å². The summed E-state index contributed by atoms with van der Waals surface area (Å²) >= 11 is 0. The standard InChI is InChI=1S/C28H9F10N5O2/c1-9(6-39)25-42-21-17(10-2-13(29)19(14(30)3-10)27(33,34)35)24-22(43-26(45-24)12(7-40)8-41)18(23(21)44-25)11-4-15(31)20(16(32)5-11)28(36,37)38/h2-5,42-43H,1H3/b25-9-. The van der Waals surface area contributed by atoms with Gasteiger partial charge in [0.15, 0.2) is 17.1 Å². The van der Waals surface area contributed by atoms with E-state index < -0.39 is 103 Å². The maximum absolute atomic E-state index is 14.7. The summed E-state index contributed by atoms with van der Waals surface area (Å²) in [4.78, 5) is 0. The summed E-state index contributed by atoms with van der Waals surface area (Å²) < 4.78 is 150. The van der Waals surface area contributed by atoms with E-state index in [1.54, 1.807) is 6.07 Å². The van der Waals surface area contributed by atoms with Crippen molar-refractivity contribution in [3.05, 3.63) is 81.6 Å². The third kappa shape index (κ3) is 4.96. The van der Waals surface area contributed by atoms with Gasteiger partial charge >= 0.3 is 12.4 Å². The van der Waals surface area contributed by atoms with Gasteiger partial charge in [0.1, 0.15) is 46.5 Å². The number of fused-ring (bicyclic) bond motifs is 2. The molecule has 5 rings (SSSR count). The third-order valence-corrected chi connectivity index (χ3v) is 6.48. The number of hydrogen-bond acceptors (Lipinski definition) is 7. The Morgan fingerprint density at radius 1 is 0.622 bits per heavy atom. The van der Waals surface area contributed by atoms with Crippen LogP contribution in [0.2, 0.25) is 0 Å². The molecule has 0 saturated carbocycles. The molecule has 2 N–H and O–H groups in total. The molecule has 2 heterocycles. The second-order valence-electron chi connectivity index (χ2n) is 9.23. The van der Waals surface area contributed by atoms with Crippen LogP contribution in [0.1, 0.15) is 18.1 Å². The molecule has 0 spiro atoms. The zero-order valence-corrected chi connectivity index (χ0v) is 21.7. The first-order chi connectivity index (χ1) is 21.0. The summed E-state index contributed by atoms with van der Waals surface area (Å²) in [5, 5.41) is 33.1. The van der Waals surface area contributed by atoms with Gasteiger partial charge in [-0.05, 0) is 42.3 Å². The summed E-state index contributed by atoms with van der Waals surface area (Å²) in [5.74, 6) is -10.5. The molecule has 0 radical (unpaired) electrons. The second-order valence-corrected chi connectivity index (χ2v) is 9.23. The number of nitrogens with zero attached hydrogens (tertiary/aromatic N) is 3. The SMILES string of the molecule is C/C(C#N)=C1\Nc2c(c(-c3cc(F)c(C(F)(F)F)c(F)c3)c3c(c2-c2cc(F)c(C(F)(F)F)c(F)c2)OC(=C(C#N)C#N)N3)O1. The topological polar surface area (TPSA) is 114 Å². The molecular weight excluding hydrogens is 628 g/mol. The van der Waals surface area contributed by atoms with Gasteiger partial charge in [-0.15, -0.1) is 0 Å². The van der Waals surface area contributed by atoms with E-state index in [0.29, 0.717) is 0 Å². The Bertz CT molecular complexity index is 1850. The normalized spacial score (nSPS) is 14.5. The van der Waals surface area contributed by atoms with Crippen molar-refractivity contribution < 1.29 is 53.4 Å². The second kappa shape index (κ2) is 10.4. The number of anilines is 2. The monoisotopic (exact) mass is 637 g/mol. The van der Waals surface area contributed by atoms with E-state index in [9.17, 15) is 59.7 Å². The van der Waals surface area contributed by atoms with Crippen molar-refractivity contribution >= 4 is 11.4 Å². The van der Waals surface area contributed by atoms with E-state index in [1.807, 2.05) is 0 Å². The quantitative estimate of drug-likeness (QED) is 0.215. The number of benzene rings is 3. The minimum absolute atomic E-state index is 0.191. The number of rotatable bonds is 2. The first-order valence-electron chi connectivity index (χ1n) is 11.9. The van der Waals surface area contributed by atoms with Crippen molar-refractivity contribution in [2.75, 3.05) is 10.6 Å². The predicted molar refractivity (Wildman–Crippen MR) is 132 cm³/mol. The molecular formula is C28H9F10N5O2. The number of nitrogens with one attached hydrogen (secondary N) is 2. The highest BCUT2D eigenvalue weighted by Gasteiger charge is 2.42. The van der Waals surface area contributed by atoms with Crippen LogP contribution in [0.15, 0.2) is 47.2 Å². The lowest BCUT2D eigenvalue weighted by molar-refractivity contribution is -0.143. The van der Waals surface area contributed by atoms with Crippen molar-refractivity contribution in [1.29, 1.82) is 15.8 Å². The van der Waals surface area contributed by atoms with Crippen LogP contribution in [0.4, 0.5) is 55.3 Å². The zero-order valence-electron chi connectivity index (χ0n) is 21.7. The lowest BCUT2D eigenvalue weighted by Crippen LogP contribution is -2.12. The number of allylic oxidation sites excluding steroid dienone is 2. The van der Waals surface area contributed by atoms with Crippen LogP contribution in [0.5, 0.6) is 11.5 Å². The maximum Gasteiger partial charge on any atom is 0.422 e. The van der Waals surface area contributed by atoms with Crippen molar-refractivity contribution in [2.24, 2.45) is 0 Å². The van der Waals surface area contributed by atoms with E-state index in [0.717, 1.165) is 0 Å². The molecule has 17 heteroatoms. The molecule has 0 unspecified atom stereocenters. The first kappa shape index (κ1) is 30.6. The van der Waals surface area contributed by atoms with Gasteiger partial charge < -0.3 is 20.1 Å². The van der Waals surface area contributed by atoms with Gasteiger partial charge in [0, 0.05) is 0 Å². The summed E-state index contributed by atoms with van der Waals surface area (Å²) in [5.41, 5.74) is -8.66. The Balaban J connectivity index is 1.93. The van der Waals surface area contributed by atoms with Crippen LogP contribution >= 0.6 is 0 Å². The Kier molecular flexibility index (Phi) is 7.05. The smallest absolute Gasteiger partial charge is 0.422 e. The molecule has 0 fully saturated rings. The van der Waals surface area contributed by atoms with E-state index in [4.69, 9.17) is 9.47 Å². The largest absolute Gasteiger partial charge is 0.437 e. The average molecular weight is 637 g/mol. The lowest BCUT2D eigenvalue weighted by atomic mass is 9.92. The van der Waals surface area contributed by atoms with Gasteiger partial charge in [0.05, 0.1) is 34.1 Å². The van der Waals surface area contributed by atoms with Gasteiger partial charge in [-0.3, -0.25) is 0 Å². The van der Waals surface area contributed by atoms with Gasteiger partial charge in [-0.2, -0.15) is 42.1 Å². The minimum atomic E-state index is -5.46. The van der Waals surface area contributed by atoms with E-state index in [2.05, 4.69) is 10.6 Å². The van der Waals surface area contributed by atoms with Crippen LogP contribution in [0.25, 0.3) is 22.3 Å². The molecule has 228 valence electrons. The van der Waals surface area contributed by atoms with E-state index >= 15 is 0 Å². The van der Waals surface area contributed by atoms with Crippen molar-refractivity contribution in [1.82, 2.24) is 0 Å². The lowest BCUT2D eigenvalue weighted by Gasteiger charge is -2.18. The maximum atomic E-state index is 14.7. The van der Waals surface area contributed by atoms with E-state index in [1.165, 1.54) is 19.1 Å². The molecule has 2 aliphatic heterocycles. The number of alkyl halides is 6. The molecule has 0 aromatic heterocycles. The van der Waals surface area contributed by atoms with Gasteiger partial charge in [0.2, 0.25) is 11.8 Å². The molecule has 0 aliphatic carbocycles. The first-order valence-corrected chi connectivity index (χ1v) is 11.9. The fourth-order valence-corrected chi connectivity index (χ4v) is 4.62. The molecule has 0 amide bonds. The fraction of sp³-hybridized carbons (Fsp3) is 0.107. The van der Waals surface area contributed by atoms with Crippen LogP contribution < -0.4 is 20.1 Å². The fourth-order valence-electron chi connectivity index (χ4n) is 4.62. The molecule has 45 heavy (non-hydrogen) atoms. The highest BCUT2D eigenvalue weighted by molar-refractivity contribution is 6.05. The van der Waals surface area contributed by atoms with Crippen molar-refractivity contribution in [3.63, 3.8) is 0 Å². The van der Waals surface area contributed by atoms with Crippen LogP contribution in [-0.4, -0.2) is 0 Å². The molecule has 7 nitrogen and oxygen atoms in total. The van der Waals surface area contributed by atoms with Gasteiger partial charge in [-0.1, -0.05) is 0 Å². The summed E-state index contributed by atoms with van der Waals surface area (Å²) in [6.45, 7) is 1.22. The summed E-state index contributed by atoms with van der Waals surface area (Å²) in [6.07, 6.45) is -10.9. The number of halogens is 10. The molecule has 0 saturated heterocycles. The Morgan fingerprint density at radius 3 is 1.31 bits per heavy atom. The number of nitriles is 3. The molecule has 0 atom stereocenters. The summed E-state index contributed by atoms with van der Waals surface area (Å²) in [6, 6.07) is 5.71. The highest BCUT2D eigenvalue weighted by atomic mass is 19.4. The Labute approximate surface area is 244 Å². The molecule has 0 bridgehead atoms. The highest BCUT2D eigenvalue weighted by Crippen LogP contribution is 2.60.